The SMILES string of the molecule is CCC(C)NC(=O)c1cccc2c1NC(c1ccc(F)cc1)C1CC=CC21. The molecule has 0 bridgehead atoms. The predicted molar refractivity (Wildman–Crippen MR) is 106 cm³/mol. The highest BCUT2D eigenvalue weighted by atomic mass is 19.1. The van der Waals surface area contributed by atoms with E-state index in [1.807, 2.05) is 31.2 Å². The third kappa shape index (κ3) is 3.25. The Morgan fingerprint density at radius 2 is 2.04 bits per heavy atom. The lowest BCUT2D eigenvalue weighted by molar-refractivity contribution is 0.0939. The Labute approximate surface area is 159 Å². The van der Waals surface area contributed by atoms with Crippen molar-refractivity contribution in [2.45, 2.75) is 44.7 Å². The highest BCUT2D eigenvalue weighted by Crippen LogP contribution is 2.50. The minimum absolute atomic E-state index is 0.0491. The van der Waals surface area contributed by atoms with Gasteiger partial charge in [0, 0.05) is 12.0 Å². The van der Waals surface area contributed by atoms with Crippen LogP contribution in [0.5, 0.6) is 0 Å². The number of hydrogen-bond donors (Lipinski definition) is 2. The first-order chi connectivity index (χ1) is 13.1. The van der Waals surface area contributed by atoms with Gasteiger partial charge in [-0.2, -0.15) is 0 Å². The lowest BCUT2D eigenvalue weighted by atomic mass is 9.76. The Bertz CT molecular complexity index is 874. The number of fused-ring (bicyclic) bond motifs is 3. The fourth-order valence-corrected chi connectivity index (χ4v) is 4.21. The van der Waals surface area contributed by atoms with E-state index in [2.05, 4.69) is 35.8 Å². The van der Waals surface area contributed by atoms with Gasteiger partial charge in [-0.25, -0.2) is 4.39 Å². The summed E-state index contributed by atoms with van der Waals surface area (Å²) in [6.07, 6.45) is 6.33. The molecule has 140 valence electrons. The van der Waals surface area contributed by atoms with Crippen LogP contribution < -0.4 is 10.6 Å². The predicted octanol–water partition coefficient (Wildman–Crippen LogP) is 5.18. The van der Waals surface area contributed by atoms with E-state index in [9.17, 15) is 9.18 Å². The van der Waals surface area contributed by atoms with Gasteiger partial charge in [0.05, 0.1) is 17.3 Å². The Morgan fingerprint density at radius 1 is 1.26 bits per heavy atom. The van der Waals surface area contributed by atoms with Gasteiger partial charge in [-0.3, -0.25) is 4.79 Å². The third-order valence-electron chi connectivity index (χ3n) is 5.86. The second kappa shape index (κ2) is 7.18. The minimum Gasteiger partial charge on any atom is -0.377 e. The Balaban J connectivity index is 1.74. The van der Waals surface area contributed by atoms with Crippen LogP contribution in [0.2, 0.25) is 0 Å². The second-order valence-electron chi connectivity index (χ2n) is 7.58. The molecule has 0 spiro atoms. The lowest BCUT2D eigenvalue weighted by Crippen LogP contribution is -2.35. The Kier molecular flexibility index (Phi) is 4.73. The van der Waals surface area contributed by atoms with E-state index in [1.54, 1.807) is 0 Å². The fraction of sp³-hybridized carbons (Fsp3) is 0.348. The Morgan fingerprint density at radius 3 is 2.78 bits per heavy atom. The molecule has 0 fully saturated rings. The normalized spacial score (nSPS) is 23.9. The van der Waals surface area contributed by atoms with E-state index in [4.69, 9.17) is 0 Å². The van der Waals surface area contributed by atoms with Gasteiger partial charge in [-0.05, 0) is 55.0 Å². The number of para-hydroxylation sites is 1. The average Bonchev–Trinajstić information content (AvgIpc) is 3.17. The maximum Gasteiger partial charge on any atom is 0.253 e. The van der Waals surface area contributed by atoms with Gasteiger partial charge < -0.3 is 10.6 Å². The molecule has 0 radical (unpaired) electrons. The number of allylic oxidation sites excluding steroid dienone is 2. The molecule has 4 rings (SSSR count). The molecule has 2 aromatic carbocycles. The van der Waals surface area contributed by atoms with E-state index in [0.29, 0.717) is 11.5 Å². The van der Waals surface area contributed by atoms with Crippen molar-refractivity contribution >= 4 is 11.6 Å². The molecule has 27 heavy (non-hydrogen) atoms. The van der Waals surface area contributed by atoms with E-state index in [1.165, 1.54) is 17.7 Å². The van der Waals surface area contributed by atoms with Crippen molar-refractivity contribution in [1.29, 1.82) is 0 Å². The smallest absolute Gasteiger partial charge is 0.253 e. The summed E-state index contributed by atoms with van der Waals surface area (Å²) in [6.45, 7) is 4.07. The fourth-order valence-electron chi connectivity index (χ4n) is 4.21. The van der Waals surface area contributed by atoms with Crippen LogP contribution in [-0.4, -0.2) is 11.9 Å². The summed E-state index contributed by atoms with van der Waals surface area (Å²) in [5.41, 5.74) is 3.81. The molecule has 1 heterocycles. The highest BCUT2D eigenvalue weighted by molar-refractivity contribution is 6.01. The van der Waals surface area contributed by atoms with Crippen molar-refractivity contribution in [2.75, 3.05) is 5.32 Å². The van der Waals surface area contributed by atoms with Gasteiger partial charge in [0.1, 0.15) is 5.82 Å². The second-order valence-corrected chi connectivity index (χ2v) is 7.58. The molecule has 3 nitrogen and oxygen atoms in total. The number of rotatable bonds is 4. The van der Waals surface area contributed by atoms with Crippen molar-refractivity contribution in [3.63, 3.8) is 0 Å². The van der Waals surface area contributed by atoms with Crippen molar-refractivity contribution < 1.29 is 9.18 Å². The molecular formula is C23H25FN2O. The lowest BCUT2D eigenvalue weighted by Gasteiger charge is -2.38. The molecule has 0 saturated heterocycles. The van der Waals surface area contributed by atoms with Gasteiger partial charge >= 0.3 is 0 Å². The van der Waals surface area contributed by atoms with Crippen LogP contribution in [0.25, 0.3) is 0 Å². The molecular weight excluding hydrogens is 339 g/mol. The van der Waals surface area contributed by atoms with Gasteiger partial charge in [0.2, 0.25) is 0 Å². The third-order valence-corrected chi connectivity index (χ3v) is 5.86. The van der Waals surface area contributed by atoms with Crippen LogP contribution in [0.1, 0.15) is 60.1 Å². The van der Waals surface area contributed by atoms with E-state index < -0.39 is 0 Å². The summed E-state index contributed by atoms with van der Waals surface area (Å²) in [7, 11) is 0. The van der Waals surface area contributed by atoms with E-state index in [-0.39, 0.29) is 29.7 Å². The van der Waals surface area contributed by atoms with Crippen LogP contribution in [0, 0.1) is 11.7 Å². The molecule has 1 aliphatic carbocycles. The Hall–Kier alpha value is -2.62. The quantitative estimate of drug-likeness (QED) is 0.734. The highest BCUT2D eigenvalue weighted by Gasteiger charge is 2.39. The maximum absolute atomic E-state index is 13.4. The monoisotopic (exact) mass is 364 g/mol. The molecule has 2 aromatic rings. The summed E-state index contributed by atoms with van der Waals surface area (Å²) < 4.78 is 13.4. The first-order valence-electron chi connectivity index (χ1n) is 9.71. The van der Waals surface area contributed by atoms with Gasteiger partial charge in [0.15, 0.2) is 0 Å². The molecule has 2 aliphatic rings. The molecule has 0 aromatic heterocycles. The standard InChI is InChI=1S/C23H25FN2O/c1-3-14(2)25-23(27)20-9-5-8-19-17-6-4-7-18(17)21(26-22(19)20)15-10-12-16(24)13-11-15/h4-6,8-14,17-18,21,26H,3,7H2,1-2H3,(H,25,27). The number of amides is 1. The number of carbonyl (C=O) groups excluding carboxylic acids is 1. The molecule has 0 saturated carbocycles. The van der Waals surface area contributed by atoms with Crippen LogP contribution in [0.3, 0.4) is 0 Å². The van der Waals surface area contributed by atoms with E-state index in [0.717, 1.165) is 24.1 Å². The van der Waals surface area contributed by atoms with Crippen molar-refractivity contribution in [3.05, 3.63) is 77.1 Å². The molecule has 4 heteroatoms. The summed E-state index contributed by atoms with van der Waals surface area (Å²) >= 11 is 0. The van der Waals surface area contributed by atoms with Crippen LogP contribution in [-0.2, 0) is 0 Å². The maximum atomic E-state index is 13.4. The van der Waals surface area contributed by atoms with Gasteiger partial charge in [-0.15, -0.1) is 0 Å². The average molecular weight is 364 g/mol. The minimum atomic E-state index is -0.232. The molecule has 2 N–H and O–H groups in total. The number of nitrogens with one attached hydrogen (secondary N) is 2. The van der Waals surface area contributed by atoms with E-state index >= 15 is 0 Å². The zero-order valence-electron chi connectivity index (χ0n) is 15.7. The van der Waals surface area contributed by atoms with Crippen molar-refractivity contribution in [2.24, 2.45) is 5.92 Å². The largest absolute Gasteiger partial charge is 0.377 e. The first kappa shape index (κ1) is 17.8. The van der Waals surface area contributed by atoms with Crippen molar-refractivity contribution in [1.82, 2.24) is 5.32 Å². The number of hydrogen-bond acceptors (Lipinski definition) is 2. The topological polar surface area (TPSA) is 41.1 Å². The summed E-state index contributed by atoms with van der Waals surface area (Å²) in [4.78, 5) is 12.8. The zero-order chi connectivity index (χ0) is 19.0. The first-order valence-corrected chi connectivity index (χ1v) is 9.71. The summed E-state index contributed by atoms with van der Waals surface area (Å²) in [5.74, 6) is 0.361. The van der Waals surface area contributed by atoms with Crippen LogP contribution in [0.15, 0.2) is 54.6 Å². The number of halogens is 1. The van der Waals surface area contributed by atoms with Crippen molar-refractivity contribution in [3.8, 4) is 0 Å². The number of carbonyl (C=O) groups is 1. The van der Waals surface area contributed by atoms with Gasteiger partial charge in [-0.1, -0.05) is 43.3 Å². The van der Waals surface area contributed by atoms with Crippen LogP contribution >= 0.6 is 0 Å². The summed E-state index contributed by atoms with van der Waals surface area (Å²) in [6, 6.07) is 12.8. The molecule has 4 atom stereocenters. The molecule has 1 amide bonds. The molecule has 4 unspecified atom stereocenters. The number of anilines is 1. The van der Waals surface area contributed by atoms with Crippen LogP contribution in [0.4, 0.5) is 10.1 Å². The molecule has 1 aliphatic heterocycles. The number of benzene rings is 2. The van der Waals surface area contributed by atoms with Gasteiger partial charge in [0.25, 0.3) is 5.91 Å². The zero-order valence-corrected chi connectivity index (χ0v) is 15.7. The summed E-state index contributed by atoms with van der Waals surface area (Å²) in [5, 5.41) is 6.69.